The predicted octanol–water partition coefficient (Wildman–Crippen LogP) is 9.00. The summed E-state index contributed by atoms with van der Waals surface area (Å²) in [6, 6.07) is 24.0. The Morgan fingerprint density at radius 1 is 0.833 bits per heavy atom. The van der Waals surface area contributed by atoms with Crippen molar-refractivity contribution in [2.75, 3.05) is 9.80 Å². The number of amides is 2. The standard InChI is InChI=1S/C34H18Cl4N4O4S2/c35-19-8-5-17(6-9-19)15-41-25-4-2-1-3-23(25)34(31(41)45)27-28(43)22-13-20(36)11-12-26(22)46-29(27)30(44)42(34)32-39-40-33(48-32)47-16-18-7-10-21(37)14-24(18)38/h1-14H,15-16H2. The van der Waals surface area contributed by atoms with E-state index in [0.29, 0.717) is 41.4 Å². The molecule has 8 rings (SSSR count). The minimum Gasteiger partial charge on any atom is -0.450 e. The summed E-state index contributed by atoms with van der Waals surface area (Å²) in [5.41, 5.74) is 0.178. The molecule has 2 aliphatic rings. The Morgan fingerprint density at radius 3 is 2.35 bits per heavy atom. The summed E-state index contributed by atoms with van der Waals surface area (Å²) in [6.45, 7) is 0.149. The quantitative estimate of drug-likeness (QED) is 0.124. The summed E-state index contributed by atoms with van der Waals surface area (Å²) in [4.78, 5) is 47.0. The van der Waals surface area contributed by atoms with Gasteiger partial charge in [0.2, 0.25) is 10.9 Å². The molecule has 238 valence electrons. The number of hydrogen-bond acceptors (Lipinski definition) is 8. The van der Waals surface area contributed by atoms with Crippen LogP contribution in [0.4, 0.5) is 10.8 Å². The second-order valence-electron chi connectivity index (χ2n) is 11.0. The minimum absolute atomic E-state index is 0.101. The van der Waals surface area contributed by atoms with Crippen LogP contribution >= 0.6 is 69.5 Å². The molecule has 0 saturated heterocycles. The number of rotatable bonds is 6. The van der Waals surface area contributed by atoms with Crippen LogP contribution < -0.4 is 15.2 Å². The third-order valence-electron chi connectivity index (χ3n) is 8.29. The van der Waals surface area contributed by atoms with Gasteiger partial charge in [0, 0.05) is 31.4 Å². The zero-order chi connectivity index (χ0) is 33.3. The smallest absolute Gasteiger partial charge is 0.297 e. The normalized spacial score (nSPS) is 16.8. The van der Waals surface area contributed by atoms with Crippen molar-refractivity contribution in [2.45, 2.75) is 22.2 Å². The van der Waals surface area contributed by atoms with Crippen LogP contribution in [0.25, 0.3) is 11.0 Å². The molecule has 14 heteroatoms. The number of fused-ring (bicyclic) bond motifs is 5. The predicted molar refractivity (Wildman–Crippen MR) is 190 cm³/mol. The van der Waals surface area contributed by atoms with Crippen molar-refractivity contribution in [3.63, 3.8) is 0 Å². The third kappa shape index (κ3) is 4.85. The van der Waals surface area contributed by atoms with Gasteiger partial charge in [-0.2, -0.15) is 0 Å². The van der Waals surface area contributed by atoms with Gasteiger partial charge in [-0.1, -0.05) is 106 Å². The minimum atomic E-state index is -1.94. The molecule has 0 saturated carbocycles. The molecule has 2 aliphatic heterocycles. The topological polar surface area (TPSA) is 96.6 Å². The van der Waals surface area contributed by atoms with E-state index in [1.807, 2.05) is 18.2 Å². The van der Waals surface area contributed by atoms with Gasteiger partial charge in [-0.3, -0.25) is 19.3 Å². The first-order valence-electron chi connectivity index (χ1n) is 14.3. The van der Waals surface area contributed by atoms with Gasteiger partial charge in [-0.05, 0) is 59.7 Å². The highest BCUT2D eigenvalue weighted by atomic mass is 35.5. The number of para-hydroxylation sites is 1. The SMILES string of the molecule is O=C1c2oc3ccc(Cl)cc3c(=O)c2C2(C(=O)N(Cc3ccc(Cl)cc3)c3ccccc32)N1c1nnc(SCc2ccc(Cl)cc2Cl)s1. The molecule has 2 amide bonds. The fraction of sp³-hybridized carbons (Fsp3) is 0.0882. The maximum absolute atomic E-state index is 15.1. The molecule has 8 nitrogen and oxygen atoms in total. The maximum atomic E-state index is 15.1. The number of nitrogens with zero attached hydrogens (tertiary/aromatic N) is 4. The van der Waals surface area contributed by atoms with Gasteiger partial charge in [0.15, 0.2) is 15.3 Å². The molecule has 0 aliphatic carbocycles. The summed E-state index contributed by atoms with van der Waals surface area (Å²) in [5.74, 6) is -1.00. The second kappa shape index (κ2) is 11.9. The first-order valence-corrected chi connectivity index (χ1v) is 17.7. The van der Waals surface area contributed by atoms with Crippen LogP contribution in [0, 0.1) is 0 Å². The molecule has 0 fully saturated rings. The Labute approximate surface area is 300 Å². The molecular formula is C34H18Cl4N4O4S2. The molecule has 4 aromatic carbocycles. The number of anilines is 2. The van der Waals surface area contributed by atoms with Crippen molar-refractivity contribution in [3.05, 3.63) is 143 Å². The summed E-state index contributed by atoms with van der Waals surface area (Å²) in [5, 5.41) is 10.9. The molecule has 0 bridgehead atoms. The highest BCUT2D eigenvalue weighted by molar-refractivity contribution is 8.00. The summed E-state index contributed by atoms with van der Waals surface area (Å²) >= 11 is 27.4. The molecule has 2 aromatic heterocycles. The Kier molecular flexibility index (Phi) is 7.78. The van der Waals surface area contributed by atoms with E-state index in [2.05, 4.69) is 10.2 Å². The molecule has 4 heterocycles. The van der Waals surface area contributed by atoms with Crippen molar-refractivity contribution < 1.29 is 14.0 Å². The lowest BCUT2D eigenvalue weighted by atomic mass is 9.84. The van der Waals surface area contributed by atoms with Crippen LogP contribution in [0.15, 0.2) is 98.5 Å². The van der Waals surface area contributed by atoms with Gasteiger partial charge >= 0.3 is 0 Å². The Hall–Kier alpha value is -3.90. The van der Waals surface area contributed by atoms with E-state index >= 15 is 4.79 Å². The number of thioether (sulfide) groups is 1. The molecule has 0 N–H and O–H groups in total. The first-order chi connectivity index (χ1) is 23.2. The van der Waals surface area contributed by atoms with Crippen LogP contribution in [0.1, 0.15) is 32.8 Å². The zero-order valence-corrected chi connectivity index (χ0v) is 28.9. The van der Waals surface area contributed by atoms with E-state index in [9.17, 15) is 9.59 Å². The van der Waals surface area contributed by atoms with Crippen LogP contribution in [0.5, 0.6) is 0 Å². The highest BCUT2D eigenvalue weighted by Crippen LogP contribution is 2.55. The van der Waals surface area contributed by atoms with E-state index in [4.69, 9.17) is 50.8 Å². The average Bonchev–Trinajstić information content (AvgIpc) is 3.71. The number of hydrogen-bond donors (Lipinski definition) is 0. The molecule has 6 aromatic rings. The average molecular weight is 752 g/mol. The highest BCUT2D eigenvalue weighted by Gasteiger charge is 2.66. The summed E-state index contributed by atoms with van der Waals surface area (Å²) in [7, 11) is 0. The lowest BCUT2D eigenvalue weighted by Crippen LogP contribution is -2.53. The van der Waals surface area contributed by atoms with Gasteiger partial charge in [0.05, 0.1) is 23.2 Å². The van der Waals surface area contributed by atoms with E-state index < -0.39 is 22.8 Å². The van der Waals surface area contributed by atoms with Gasteiger partial charge in [0.25, 0.3) is 11.8 Å². The summed E-state index contributed by atoms with van der Waals surface area (Å²) in [6.07, 6.45) is 0. The largest absolute Gasteiger partial charge is 0.450 e. The Morgan fingerprint density at radius 2 is 1.56 bits per heavy atom. The van der Waals surface area contributed by atoms with E-state index in [1.165, 1.54) is 28.8 Å². The molecule has 1 atom stereocenters. The molecular weight excluding hydrogens is 734 g/mol. The van der Waals surface area contributed by atoms with Crippen molar-refractivity contribution >= 4 is 103 Å². The fourth-order valence-corrected chi connectivity index (χ4v) is 8.94. The fourth-order valence-electron chi connectivity index (χ4n) is 6.19. The third-order valence-corrected chi connectivity index (χ3v) is 11.5. The molecule has 1 spiro atoms. The number of halogens is 4. The van der Waals surface area contributed by atoms with Crippen molar-refractivity contribution in [2.24, 2.45) is 0 Å². The van der Waals surface area contributed by atoms with Crippen molar-refractivity contribution in [1.82, 2.24) is 10.2 Å². The van der Waals surface area contributed by atoms with Crippen LogP contribution in [-0.4, -0.2) is 22.0 Å². The van der Waals surface area contributed by atoms with Crippen LogP contribution in [-0.2, 0) is 22.6 Å². The van der Waals surface area contributed by atoms with E-state index in [1.54, 1.807) is 59.5 Å². The van der Waals surface area contributed by atoms with Gasteiger partial charge in [0.1, 0.15) is 5.58 Å². The van der Waals surface area contributed by atoms with Gasteiger partial charge < -0.3 is 9.32 Å². The lowest BCUT2D eigenvalue weighted by molar-refractivity contribution is -0.121. The Bertz CT molecular complexity index is 2380. The molecule has 1 unspecified atom stereocenters. The number of carbonyl (C=O) groups is 2. The van der Waals surface area contributed by atoms with Crippen molar-refractivity contribution in [3.8, 4) is 0 Å². The summed E-state index contributed by atoms with van der Waals surface area (Å²) < 4.78 is 6.66. The molecule has 0 radical (unpaired) electrons. The number of benzene rings is 4. The van der Waals surface area contributed by atoms with E-state index in [0.717, 1.165) is 22.5 Å². The van der Waals surface area contributed by atoms with Gasteiger partial charge in [-0.25, -0.2) is 0 Å². The first kappa shape index (κ1) is 31.4. The number of aromatic nitrogens is 2. The number of carbonyl (C=O) groups excluding carboxylic acids is 2. The van der Waals surface area contributed by atoms with Gasteiger partial charge in [-0.15, -0.1) is 10.2 Å². The van der Waals surface area contributed by atoms with Crippen molar-refractivity contribution in [1.29, 1.82) is 0 Å². The van der Waals surface area contributed by atoms with Crippen LogP contribution in [0.3, 0.4) is 0 Å². The lowest BCUT2D eigenvalue weighted by Gasteiger charge is -2.32. The Balaban J connectivity index is 1.31. The molecule has 48 heavy (non-hydrogen) atoms. The maximum Gasteiger partial charge on any atom is 0.297 e. The van der Waals surface area contributed by atoms with Crippen LogP contribution in [0.2, 0.25) is 20.1 Å². The second-order valence-corrected chi connectivity index (χ2v) is 14.9. The van der Waals surface area contributed by atoms with E-state index in [-0.39, 0.29) is 34.0 Å². The zero-order valence-electron chi connectivity index (χ0n) is 24.2. The monoisotopic (exact) mass is 750 g/mol.